The number of benzene rings is 2. The number of sulfone groups is 1. The van der Waals surface area contributed by atoms with Crippen molar-refractivity contribution < 1.29 is 18.4 Å². The van der Waals surface area contributed by atoms with Crippen molar-refractivity contribution in [2.24, 2.45) is 0 Å². The van der Waals surface area contributed by atoms with Gasteiger partial charge in [0.15, 0.2) is 14.7 Å². The molecule has 0 amide bonds. The number of nitrogens with zero attached hydrogens (tertiary/aromatic N) is 1. The Bertz CT molecular complexity index is 897. The van der Waals surface area contributed by atoms with Crippen LogP contribution in [0.1, 0.15) is 12.8 Å². The van der Waals surface area contributed by atoms with Crippen LogP contribution in [-0.4, -0.2) is 43.0 Å². The summed E-state index contributed by atoms with van der Waals surface area (Å²) in [6.45, 7) is 1.45. The van der Waals surface area contributed by atoms with Gasteiger partial charge in [0.2, 0.25) is 0 Å². The van der Waals surface area contributed by atoms with Gasteiger partial charge in [0.1, 0.15) is 11.5 Å². The molecule has 7 heteroatoms. The third kappa shape index (κ3) is 3.99. The van der Waals surface area contributed by atoms with Gasteiger partial charge < -0.3 is 9.94 Å². The lowest BCUT2D eigenvalue weighted by Crippen LogP contribution is -2.57. The number of piperidine rings is 1. The molecule has 1 aliphatic rings. The number of nitrogens with one attached hydrogen (secondary N) is 1. The van der Waals surface area contributed by atoms with Crippen molar-refractivity contribution in [2.75, 3.05) is 19.6 Å². The molecule has 0 spiro atoms. The van der Waals surface area contributed by atoms with Crippen molar-refractivity contribution >= 4 is 9.84 Å². The zero-order valence-electron chi connectivity index (χ0n) is 14.8. The number of hydroxylamine groups is 1. The summed E-state index contributed by atoms with van der Waals surface area (Å²) in [5, 5.41) is 9.69. The Morgan fingerprint density at radius 2 is 1.67 bits per heavy atom. The molecule has 1 saturated heterocycles. The second-order valence-electron chi connectivity index (χ2n) is 6.48. The molecule has 1 aliphatic heterocycles. The number of ether oxygens (including phenoxy) is 1. The van der Waals surface area contributed by atoms with Crippen molar-refractivity contribution in [3.63, 3.8) is 0 Å². The number of likely N-dealkylation sites (tertiary alicyclic amines) is 1. The lowest BCUT2D eigenvalue weighted by atomic mass is 10.1. The second-order valence-corrected chi connectivity index (χ2v) is 8.74. The van der Waals surface area contributed by atoms with Gasteiger partial charge >= 0.3 is 0 Å². The summed E-state index contributed by atoms with van der Waals surface area (Å²) < 4.78 is 32.0. The summed E-state index contributed by atoms with van der Waals surface area (Å²) in [5.41, 5.74) is 2.08. The Hall–Kier alpha value is -2.37. The van der Waals surface area contributed by atoms with Gasteiger partial charge in [0.05, 0.1) is 11.4 Å². The summed E-state index contributed by atoms with van der Waals surface area (Å²) in [4.78, 5) is 0.705. The third-order valence-corrected chi connectivity index (χ3v) is 7.23. The summed E-state index contributed by atoms with van der Waals surface area (Å²) in [5.74, 6) is 3.77. The van der Waals surface area contributed by atoms with E-state index in [0.29, 0.717) is 31.1 Å². The molecule has 2 aromatic carbocycles. The highest BCUT2D eigenvalue weighted by Crippen LogP contribution is 2.34. The van der Waals surface area contributed by atoms with E-state index in [-0.39, 0.29) is 17.7 Å². The normalized spacial score (nSPS) is 17.2. The standard InChI is InChI=1S/C20H22N2O4S/c1-2-14-22-15-12-20(21-23,13-16-22)27(24,25)19-10-8-18(9-11-19)26-17-6-4-3-5-7-17/h1,3-11,21,23H,12-16H2. The first-order valence-electron chi connectivity index (χ1n) is 8.65. The Labute approximate surface area is 159 Å². The first-order valence-corrected chi connectivity index (χ1v) is 10.1. The molecule has 6 nitrogen and oxygen atoms in total. The highest BCUT2D eigenvalue weighted by molar-refractivity contribution is 7.92. The predicted molar refractivity (Wildman–Crippen MR) is 102 cm³/mol. The van der Waals surface area contributed by atoms with Crippen molar-refractivity contribution in [3.8, 4) is 23.8 Å². The van der Waals surface area contributed by atoms with Gasteiger partial charge in [0.25, 0.3) is 0 Å². The molecule has 0 atom stereocenters. The van der Waals surface area contributed by atoms with Gasteiger partial charge in [-0.15, -0.1) is 6.42 Å². The van der Waals surface area contributed by atoms with Crippen LogP contribution in [0.4, 0.5) is 0 Å². The van der Waals surface area contributed by atoms with E-state index in [4.69, 9.17) is 11.2 Å². The quantitative estimate of drug-likeness (QED) is 0.587. The monoisotopic (exact) mass is 386 g/mol. The zero-order chi connectivity index (χ0) is 19.3. The predicted octanol–water partition coefficient (Wildman–Crippen LogP) is 2.66. The lowest BCUT2D eigenvalue weighted by molar-refractivity contribution is 0.0631. The largest absolute Gasteiger partial charge is 0.457 e. The summed E-state index contributed by atoms with van der Waals surface area (Å²) in [6.07, 6.45) is 5.81. The van der Waals surface area contributed by atoms with Crippen LogP contribution in [0.5, 0.6) is 11.5 Å². The molecule has 142 valence electrons. The van der Waals surface area contributed by atoms with Crippen LogP contribution in [0.25, 0.3) is 0 Å². The fraction of sp³-hybridized carbons (Fsp3) is 0.300. The number of para-hydroxylation sites is 1. The SMILES string of the molecule is C#CCN1CCC(NO)(S(=O)(=O)c2ccc(Oc3ccccc3)cc2)CC1. The first kappa shape index (κ1) is 19.4. The van der Waals surface area contributed by atoms with E-state index in [1.54, 1.807) is 12.1 Å². The van der Waals surface area contributed by atoms with E-state index in [1.165, 1.54) is 12.1 Å². The molecular formula is C20H22N2O4S. The number of hydrogen-bond donors (Lipinski definition) is 2. The molecule has 0 aliphatic carbocycles. The molecule has 2 aromatic rings. The Morgan fingerprint density at radius 1 is 1.07 bits per heavy atom. The van der Waals surface area contributed by atoms with Crippen LogP contribution < -0.4 is 10.2 Å². The minimum absolute atomic E-state index is 0.134. The molecule has 27 heavy (non-hydrogen) atoms. The van der Waals surface area contributed by atoms with Gasteiger partial charge in [-0.3, -0.25) is 4.90 Å². The van der Waals surface area contributed by atoms with Crippen LogP contribution in [0.3, 0.4) is 0 Å². The maximum absolute atomic E-state index is 13.2. The minimum Gasteiger partial charge on any atom is -0.457 e. The smallest absolute Gasteiger partial charge is 0.199 e. The lowest BCUT2D eigenvalue weighted by Gasteiger charge is -2.39. The fourth-order valence-corrected chi connectivity index (χ4v) is 4.96. The van der Waals surface area contributed by atoms with E-state index < -0.39 is 14.7 Å². The van der Waals surface area contributed by atoms with Crippen LogP contribution in [0.2, 0.25) is 0 Å². The average Bonchev–Trinajstić information content (AvgIpc) is 2.70. The molecule has 0 unspecified atom stereocenters. The average molecular weight is 386 g/mol. The Kier molecular flexibility index (Phi) is 5.82. The number of terminal acetylenes is 1. The van der Waals surface area contributed by atoms with Gasteiger partial charge in [-0.05, 0) is 49.2 Å². The molecular weight excluding hydrogens is 364 g/mol. The Balaban J connectivity index is 1.78. The van der Waals surface area contributed by atoms with E-state index >= 15 is 0 Å². The van der Waals surface area contributed by atoms with Crippen molar-refractivity contribution in [3.05, 3.63) is 54.6 Å². The van der Waals surface area contributed by atoms with E-state index in [2.05, 4.69) is 11.4 Å². The van der Waals surface area contributed by atoms with Gasteiger partial charge in [-0.25, -0.2) is 8.42 Å². The molecule has 0 bridgehead atoms. The first-order chi connectivity index (χ1) is 13.0. The molecule has 3 rings (SSSR count). The highest BCUT2D eigenvalue weighted by atomic mass is 32.2. The summed E-state index contributed by atoms with van der Waals surface area (Å²) in [7, 11) is -3.80. The van der Waals surface area contributed by atoms with Crippen molar-refractivity contribution in [1.82, 2.24) is 10.4 Å². The molecule has 0 aromatic heterocycles. The topological polar surface area (TPSA) is 78.9 Å². The van der Waals surface area contributed by atoms with Crippen molar-refractivity contribution in [1.29, 1.82) is 0 Å². The second kappa shape index (κ2) is 8.11. The highest BCUT2D eigenvalue weighted by Gasteiger charge is 2.46. The van der Waals surface area contributed by atoms with Gasteiger partial charge in [-0.2, -0.15) is 5.48 Å². The molecule has 1 fully saturated rings. The van der Waals surface area contributed by atoms with Gasteiger partial charge in [-0.1, -0.05) is 24.1 Å². The van der Waals surface area contributed by atoms with E-state index in [9.17, 15) is 13.6 Å². The van der Waals surface area contributed by atoms with Gasteiger partial charge in [0, 0.05) is 13.1 Å². The maximum atomic E-state index is 13.2. The maximum Gasteiger partial charge on any atom is 0.199 e. The number of hydrogen-bond acceptors (Lipinski definition) is 6. The third-order valence-electron chi connectivity index (χ3n) is 4.81. The van der Waals surface area contributed by atoms with Crippen LogP contribution in [0, 0.1) is 12.3 Å². The van der Waals surface area contributed by atoms with E-state index in [1.807, 2.05) is 35.2 Å². The minimum atomic E-state index is -3.80. The van der Waals surface area contributed by atoms with Crippen molar-refractivity contribution in [2.45, 2.75) is 22.6 Å². The zero-order valence-corrected chi connectivity index (χ0v) is 15.7. The van der Waals surface area contributed by atoms with Crippen LogP contribution in [-0.2, 0) is 9.84 Å². The summed E-state index contributed by atoms with van der Waals surface area (Å²) in [6, 6.07) is 15.5. The van der Waals surface area contributed by atoms with Crippen LogP contribution >= 0.6 is 0 Å². The number of rotatable bonds is 6. The van der Waals surface area contributed by atoms with Crippen LogP contribution in [0.15, 0.2) is 59.5 Å². The molecule has 0 radical (unpaired) electrons. The molecule has 0 saturated carbocycles. The fourth-order valence-electron chi connectivity index (χ4n) is 3.18. The molecule has 1 heterocycles. The molecule has 2 N–H and O–H groups in total. The van der Waals surface area contributed by atoms with E-state index in [0.717, 1.165) is 0 Å². The summed E-state index contributed by atoms with van der Waals surface area (Å²) >= 11 is 0. The Morgan fingerprint density at radius 3 is 2.22 bits per heavy atom.